The van der Waals surface area contributed by atoms with Crippen molar-refractivity contribution in [1.29, 1.82) is 0 Å². The van der Waals surface area contributed by atoms with Gasteiger partial charge in [0.2, 0.25) is 0 Å². The Balaban J connectivity index is 1.96. The van der Waals surface area contributed by atoms with Gasteiger partial charge in [-0.2, -0.15) is 0 Å². The Hall–Kier alpha value is -0.200. The number of aliphatic hydroxyl groups is 1. The van der Waals surface area contributed by atoms with Crippen molar-refractivity contribution in [3.05, 3.63) is 0 Å². The quantitative estimate of drug-likeness (QED) is 0.603. The summed E-state index contributed by atoms with van der Waals surface area (Å²) in [5, 5.41) is 12.5. The van der Waals surface area contributed by atoms with Crippen molar-refractivity contribution in [2.24, 2.45) is 0 Å². The van der Waals surface area contributed by atoms with Crippen LogP contribution in [0.5, 0.6) is 0 Å². The molecule has 84 valence electrons. The molecular weight excluding hydrogens is 186 g/mol. The molecule has 2 atom stereocenters. The third-order valence-corrected chi connectivity index (χ3v) is 2.08. The fourth-order valence-electron chi connectivity index (χ4n) is 1.32. The first-order valence-electron chi connectivity index (χ1n) is 4.90. The highest BCUT2D eigenvalue weighted by Gasteiger charge is 2.13. The Labute approximate surface area is 84.3 Å². The lowest BCUT2D eigenvalue weighted by atomic mass is 10.2. The van der Waals surface area contributed by atoms with Gasteiger partial charge >= 0.3 is 0 Å². The van der Waals surface area contributed by atoms with Gasteiger partial charge in [-0.1, -0.05) is 0 Å². The number of rotatable bonds is 6. The lowest BCUT2D eigenvalue weighted by Crippen LogP contribution is -2.38. The molecule has 1 aliphatic rings. The molecule has 0 aromatic carbocycles. The smallest absolute Gasteiger partial charge is 0.147 e. The van der Waals surface area contributed by atoms with E-state index in [1.165, 1.54) is 0 Å². The zero-order valence-corrected chi connectivity index (χ0v) is 8.57. The van der Waals surface area contributed by atoms with Crippen LogP contribution in [0.4, 0.5) is 0 Å². The van der Waals surface area contributed by atoms with Crippen LogP contribution in [0.3, 0.4) is 0 Å². The monoisotopic (exact) mass is 205 g/mol. The molecule has 0 saturated carbocycles. The minimum absolute atomic E-state index is 0.207. The van der Waals surface area contributed by atoms with E-state index in [9.17, 15) is 5.11 Å². The summed E-state index contributed by atoms with van der Waals surface area (Å²) in [6.07, 6.45) is 0.672. The molecule has 0 spiro atoms. The number of hydrogen-bond acceptors (Lipinski definition) is 5. The Kier molecular flexibility index (Phi) is 6.05. The van der Waals surface area contributed by atoms with Gasteiger partial charge in [-0.25, -0.2) is 0 Å². The molecule has 2 unspecified atom stereocenters. The van der Waals surface area contributed by atoms with Crippen molar-refractivity contribution in [1.82, 2.24) is 5.32 Å². The summed E-state index contributed by atoms with van der Waals surface area (Å²) in [5.41, 5.74) is 0. The van der Waals surface area contributed by atoms with Crippen LogP contribution >= 0.6 is 0 Å². The van der Waals surface area contributed by atoms with Crippen LogP contribution in [0.1, 0.15) is 6.42 Å². The maximum Gasteiger partial charge on any atom is 0.147 e. The fourth-order valence-corrected chi connectivity index (χ4v) is 1.32. The topological polar surface area (TPSA) is 60.0 Å². The normalized spacial score (nSPS) is 24.9. The minimum Gasteiger partial charge on any atom is -0.389 e. The van der Waals surface area contributed by atoms with Crippen LogP contribution in [0.2, 0.25) is 0 Å². The Bertz CT molecular complexity index is 139. The zero-order chi connectivity index (χ0) is 10.2. The molecule has 0 aromatic heterocycles. The molecule has 1 fully saturated rings. The molecule has 0 aromatic rings. The van der Waals surface area contributed by atoms with Crippen LogP contribution in [-0.4, -0.2) is 57.5 Å². The van der Waals surface area contributed by atoms with Gasteiger partial charge in [0, 0.05) is 20.2 Å². The van der Waals surface area contributed by atoms with E-state index >= 15 is 0 Å². The lowest BCUT2D eigenvalue weighted by Gasteiger charge is -2.23. The maximum atomic E-state index is 9.33. The largest absolute Gasteiger partial charge is 0.389 e. The van der Waals surface area contributed by atoms with Crippen molar-refractivity contribution >= 4 is 0 Å². The van der Waals surface area contributed by atoms with Crippen molar-refractivity contribution in [3.63, 3.8) is 0 Å². The van der Waals surface area contributed by atoms with Gasteiger partial charge in [-0.3, -0.25) is 0 Å². The van der Waals surface area contributed by atoms with Crippen LogP contribution in [0.15, 0.2) is 0 Å². The molecule has 1 aliphatic heterocycles. The van der Waals surface area contributed by atoms with Gasteiger partial charge in [0.15, 0.2) is 0 Å². The number of methoxy groups -OCH3 is 1. The van der Waals surface area contributed by atoms with Crippen LogP contribution in [-0.2, 0) is 14.2 Å². The summed E-state index contributed by atoms with van der Waals surface area (Å²) >= 11 is 0. The number of nitrogens with one attached hydrogen (secondary N) is 1. The van der Waals surface area contributed by atoms with E-state index in [0.29, 0.717) is 19.9 Å². The Morgan fingerprint density at radius 3 is 3.14 bits per heavy atom. The third kappa shape index (κ3) is 4.88. The predicted molar refractivity (Wildman–Crippen MR) is 51.1 cm³/mol. The van der Waals surface area contributed by atoms with Crippen LogP contribution in [0, 0.1) is 0 Å². The Morgan fingerprint density at radius 1 is 1.64 bits per heavy atom. The highest BCUT2D eigenvalue weighted by Crippen LogP contribution is 2.04. The lowest BCUT2D eigenvalue weighted by molar-refractivity contribution is -0.137. The van der Waals surface area contributed by atoms with Gasteiger partial charge in [0.25, 0.3) is 0 Å². The second kappa shape index (κ2) is 7.14. The average Bonchev–Trinajstić information content (AvgIpc) is 2.20. The fraction of sp³-hybridized carbons (Fsp3) is 1.00. The molecule has 0 bridgehead atoms. The standard InChI is InChI=1S/C9H19NO4/c1-12-6-8(11)4-10-5-9-2-3-13-7-14-9/h8-11H,2-7H2,1H3. The maximum absolute atomic E-state index is 9.33. The van der Waals surface area contributed by atoms with E-state index < -0.39 is 6.10 Å². The average molecular weight is 205 g/mol. The van der Waals surface area contributed by atoms with Crippen molar-refractivity contribution in [3.8, 4) is 0 Å². The number of aliphatic hydroxyl groups excluding tert-OH is 1. The molecule has 2 N–H and O–H groups in total. The first-order valence-corrected chi connectivity index (χ1v) is 4.90. The van der Waals surface area contributed by atoms with E-state index in [1.54, 1.807) is 7.11 Å². The van der Waals surface area contributed by atoms with Crippen LogP contribution < -0.4 is 5.32 Å². The van der Waals surface area contributed by atoms with E-state index in [2.05, 4.69) is 5.32 Å². The molecule has 0 aliphatic carbocycles. The molecule has 1 saturated heterocycles. The second-order valence-electron chi connectivity index (χ2n) is 3.37. The summed E-state index contributed by atoms with van der Waals surface area (Å²) in [6, 6.07) is 0. The summed E-state index contributed by atoms with van der Waals surface area (Å²) in [7, 11) is 1.57. The Morgan fingerprint density at radius 2 is 2.50 bits per heavy atom. The zero-order valence-electron chi connectivity index (χ0n) is 8.57. The first-order chi connectivity index (χ1) is 6.83. The first kappa shape index (κ1) is 11.9. The van der Waals surface area contributed by atoms with E-state index in [1.807, 2.05) is 0 Å². The predicted octanol–water partition coefficient (Wildman–Crippen LogP) is -0.654. The highest BCUT2D eigenvalue weighted by molar-refractivity contribution is 4.65. The SMILES string of the molecule is COCC(O)CNCC1CCOCO1. The number of ether oxygens (including phenoxy) is 3. The minimum atomic E-state index is -0.445. The van der Waals surface area contributed by atoms with E-state index in [0.717, 1.165) is 19.6 Å². The number of hydrogen-bond donors (Lipinski definition) is 2. The summed E-state index contributed by atoms with van der Waals surface area (Å²) in [6.45, 7) is 2.79. The van der Waals surface area contributed by atoms with Gasteiger partial charge < -0.3 is 24.6 Å². The molecule has 0 radical (unpaired) electrons. The van der Waals surface area contributed by atoms with Gasteiger partial charge in [0.05, 0.1) is 25.4 Å². The molecular formula is C9H19NO4. The van der Waals surface area contributed by atoms with Crippen LogP contribution in [0.25, 0.3) is 0 Å². The summed E-state index contributed by atoms with van der Waals surface area (Å²) in [5.74, 6) is 0. The second-order valence-corrected chi connectivity index (χ2v) is 3.37. The molecule has 5 nitrogen and oxygen atoms in total. The summed E-state index contributed by atoms with van der Waals surface area (Å²) < 4.78 is 15.2. The van der Waals surface area contributed by atoms with Gasteiger partial charge in [-0.05, 0) is 6.42 Å². The summed E-state index contributed by atoms with van der Waals surface area (Å²) in [4.78, 5) is 0. The molecule has 14 heavy (non-hydrogen) atoms. The van der Waals surface area contributed by atoms with Crippen molar-refractivity contribution in [2.45, 2.75) is 18.6 Å². The highest BCUT2D eigenvalue weighted by atomic mass is 16.7. The van der Waals surface area contributed by atoms with Crippen molar-refractivity contribution < 1.29 is 19.3 Å². The van der Waals surface area contributed by atoms with E-state index in [4.69, 9.17) is 14.2 Å². The van der Waals surface area contributed by atoms with Gasteiger partial charge in [-0.15, -0.1) is 0 Å². The molecule has 5 heteroatoms. The molecule has 1 heterocycles. The van der Waals surface area contributed by atoms with Crippen molar-refractivity contribution in [2.75, 3.05) is 40.2 Å². The van der Waals surface area contributed by atoms with Gasteiger partial charge in [0.1, 0.15) is 6.79 Å². The van der Waals surface area contributed by atoms with E-state index in [-0.39, 0.29) is 6.10 Å². The third-order valence-electron chi connectivity index (χ3n) is 2.08. The molecule has 1 rings (SSSR count). The molecule has 0 amide bonds.